The molecule has 0 aliphatic rings. The second kappa shape index (κ2) is 3.57. The van der Waals surface area contributed by atoms with Crippen molar-refractivity contribution in [2.75, 3.05) is 0 Å². The van der Waals surface area contributed by atoms with Crippen molar-refractivity contribution in [3.05, 3.63) is 21.7 Å². The fraction of sp³-hybridized carbons (Fsp3) is 0. The number of carbonyl (C=O) groups excluding carboxylic acids is 2. The number of nitrogens with one attached hydrogen (secondary N) is 1. The van der Waals surface area contributed by atoms with Crippen molar-refractivity contribution in [1.82, 2.24) is 5.32 Å². The van der Waals surface area contributed by atoms with Gasteiger partial charge in [0.05, 0.1) is 0 Å². The zero-order valence-corrected chi connectivity index (χ0v) is 7.99. The van der Waals surface area contributed by atoms with Crippen LogP contribution in [0.25, 0.3) is 0 Å². The summed E-state index contributed by atoms with van der Waals surface area (Å²) in [7, 11) is 0. The quantitative estimate of drug-likeness (QED) is 0.742. The van der Waals surface area contributed by atoms with Gasteiger partial charge in [0.1, 0.15) is 0 Å². The second-order valence-electron chi connectivity index (χ2n) is 1.92. The van der Waals surface area contributed by atoms with E-state index in [0.29, 0.717) is 3.77 Å². The Morgan fingerprint density at radius 1 is 1.50 bits per heavy atom. The Bertz CT molecular complexity index is 320. The van der Waals surface area contributed by atoms with Crippen LogP contribution >= 0.6 is 22.6 Å². The maximum atomic E-state index is 11.0. The van der Waals surface area contributed by atoms with Crippen molar-refractivity contribution in [1.29, 1.82) is 0 Å². The summed E-state index contributed by atoms with van der Waals surface area (Å²) >= 11 is 1.90. The number of hydrogen-bond acceptors (Lipinski definition) is 3. The number of rotatable bonds is 1. The third-order valence-electron chi connectivity index (χ3n) is 1.03. The predicted molar refractivity (Wildman–Crippen MR) is 48.5 cm³/mol. The lowest BCUT2D eigenvalue weighted by Crippen LogP contribution is -2.34. The predicted octanol–water partition coefficient (Wildman–Crippen LogP) is 0.693. The van der Waals surface area contributed by atoms with Gasteiger partial charge in [0.2, 0.25) is 0 Å². The van der Waals surface area contributed by atoms with E-state index < -0.39 is 11.9 Å². The van der Waals surface area contributed by atoms with Crippen LogP contribution in [0.15, 0.2) is 16.5 Å². The SMILES string of the molecule is NC(=O)NC(=O)c1ccc(I)o1. The lowest BCUT2D eigenvalue weighted by molar-refractivity contribution is 0.0937. The number of urea groups is 1. The van der Waals surface area contributed by atoms with Crippen LogP contribution in [0.3, 0.4) is 0 Å². The van der Waals surface area contributed by atoms with E-state index in [1.165, 1.54) is 6.07 Å². The summed E-state index contributed by atoms with van der Waals surface area (Å²) in [5.41, 5.74) is 4.72. The maximum Gasteiger partial charge on any atom is 0.319 e. The largest absolute Gasteiger partial charge is 0.445 e. The van der Waals surface area contributed by atoms with Crippen molar-refractivity contribution in [2.24, 2.45) is 5.73 Å². The summed E-state index contributed by atoms with van der Waals surface area (Å²) in [5, 5.41) is 1.88. The van der Waals surface area contributed by atoms with E-state index in [4.69, 9.17) is 10.2 Å². The molecule has 3 amide bonds. The Morgan fingerprint density at radius 2 is 2.17 bits per heavy atom. The molecule has 0 aromatic carbocycles. The number of primary amides is 1. The minimum absolute atomic E-state index is 0.0678. The average Bonchev–Trinajstić information content (AvgIpc) is 2.34. The molecule has 0 saturated heterocycles. The third kappa shape index (κ3) is 2.22. The van der Waals surface area contributed by atoms with Gasteiger partial charge in [0, 0.05) is 0 Å². The van der Waals surface area contributed by atoms with Gasteiger partial charge in [-0.2, -0.15) is 0 Å². The topological polar surface area (TPSA) is 85.3 Å². The smallest absolute Gasteiger partial charge is 0.319 e. The number of hydrogen-bond donors (Lipinski definition) is 2. The van der Waals surface area contributed by atoms with Crippen molar-refractivity contribution >= 4 is 34.5 Å². The number of imide groups is 1. The summed E-state index contributed by atoms with van der Waals surface area (Å²) < 4.78 is 5.48. The van der Waals surface area contributed by atoms with E-state index in [1.54, 1.807) is 6.07 Å². The molecule has 0 unspecified atom stereocenters. The molecular weight excluding hydrogens is 275 g/mol. The Labute approximate surface area is 81.4 Å². The Balaban J connectivity index is 2.72. The van der Waals surface area contributed by atoms with Crippen LogP contribution in [0.5, 0.6) is 0 Å². The highest BCUT2D eigenvalue weighted by atomic mass is 127. The van der Waals surface area contributed by atoms with Gasteiger partial charge >= 0.3 is 6.03 Å². The maximum absolute atomic E-state index is 11.0. The molecule has 1 rings (SSSR count). The Morgan fingerprint density at radius 3 is 2.58 bits per heavy atom. The minimum atomic E-state index is -0.897. The summed E-state index contributed by atoms with van der Waals surface area (Å²) in [5.74, 6) is -0.566. The third-order valence-corrected chi connectivity index (χ3v) is 1.61. The molecule has 1 aromatic heterocycles. The molecule has 64 valence electrons. The van der Waals surface area contributed by atoms with Gasteiger partial charge in [-0.1, -0.05) is 0 Å². The van der Waals surface area contributed by atoms with Crippen molar-refractivity contribution in [3.8, 4) is 0 Å². The molecule has 0 saturated carbocycles. The zero-order valence-electron chi connectivity index (χ0n) is 5.83. The number of carbonyl (C=O) groups is 2. The molecule has 0 spiro atoms. The first kappa shape index (κ1) is 9.04. The molecule has 0 aliphatic carbocycles. The summed E-state index contributed by atoms with van der Waals surface area (Å²) in [6.07, 6.45) is 0. The number of furan rings is 1. The molecule has 0 fully saturated rings. The number of amides is 3. The molecule has 0 aliphatic heterocycles. The van der Waals surface area contributed by atoms with E-state index in [9.17, 15) is 9.59 Å². The second-order valence-corrected chi connectivity index (χ2v) is 2.99. The van der Waals surface area contributed by atoms with Crippen molar-refractivity contribution in [2.45, 2.75) is 0 Å². The first-order valence-electron chi connectivity index (χ1n) is 2.95. The number of nitrogens with two attached hydrogens (primary N) is 1. The van der Waals surface area contributed by atoms with Crippen LogP contribution < -0.4 is 11.1 Å². The van der Waals surface area contributed by atoms with Crippen molar-refractivity contribution in [3.63, 3.8) is 0 Å². The highest BCUT2D eigenvalue weighted by molar-refractivity contribution is 14.1. The van der Waals surface area contributed by atoms with E-state index in [1.807, 2.05) is 27.9 Å². The Kier molecular flexibility index (Phi) is 2.69. The van der Waals surface area contributed by atoms with Gasteiger partial charge in [-0.15, -0.1) is 0 Å². The molecule has 0 bridgehead atoms. The molecule has 12 heavy (non-hydrogen) atoms. The molecule has 1 heterocycles. The highest BCUT2D eigenvalue weighted by Crippen LogP contribution is 2.09. The van der Waals surface area contributed by atoms with Crippen LogP contribution in [-0.2, 0) is 0 Å². The van der Waals surface area contributed by atoms with E-state index in [2.05, 4.69) is 0 Å². The first-order valence-corrected chi connectivity index (χ1v) is 4.03. The molecule has 1 aromatic rings. The van der Waals surface area contributed by atoms with Crippen LogP contribution in [0, 0.1) is 3.77 Å². The lowest BCUT2D eigenvalue weighted by atomic mass is 10.4. The Hall–Kier alpha value is -1.05. The molecule has 5 nitrogen and oxygen atoms in total. The number of halogens is 1. The fourth-order valence-corrected chi connectivity index (χ4v) is 1.03. The lowest BCUT2D eigenvalue weighted by Gasteiger charge is -1.94. The van der Waals surface area contributed by atoms with Crippen LogP contribution in [0.2, 0.25) is 0 Å². The van der Waals surface area contributed by atoms with Gasteiger partial charge in [-0.25, -0.2) is 4.79 Å². The fourth-order valence-electron chi connectivity index (χ4n) is 0.610. The zero-order chi connectivity index (χ0) is 9.14. The van der Waals surface area contributed by atoms with E-state index >= 15 is 0 Å². The molecule has 3 N–H and O–H groups in total. The molecule has 6 heteroatoms. The standard InChI is InChI=1S/C6H5IN2O3/c7-4-2-1-3(12-4)5(10)9-6(8)11/h1-2H,(H3,8,9,10,11). The monoisotopic (exact) mass is 280 g/mol. The van der Waals surface area contributed by atoms with E-state index in [0.717, 1.165) is 0 Å². The van der Waals surface area contributed by atoms with Gasteiger partial charge < -0.3 is 10.2 Å². The molecule has 0 radical (unpaired) electrons. The highest BCUT2D eigenvalue weighted by Gasteiger charge is 2.11. The first-order chi connectivity index (χ1) is 5.59. The van der Waals surface area contributed by atoms with Gasteiger partial charge in [0.25, 0.3) is 5.91 Å². The van der Waals surface area contributed by atoms with Gasteiger partial charge in [0.15, 0.2) is 9.53 Å². The van der Waals surface area contributed by atoms with Crippen LogP contribution in [0.1, 0.15) is 10.6 Å². The average molecular weight is 280 g/mol. The van der Waals surface area contributed by atoms with Crippen molar-refractivity contribution < 1.29 is 14.0 Å². The normalized spacial score (nSPS) is 9.42. The summed E-state index contributed by atoms with van der Waals surface area (Å²) in [6.45, 7) is 0. The van der Waals surface area contributed by atoms with Gasteiger partial charge in [-0.3, -0.25) is 10.1 Å². The van der Waals surface area contributed by atoms with E-state index in [-0.39, 0.29) is 5.76 Å². The molecule has 0 atom stereocenters. The van der Waals surface area contributed by atoms with Crippen LogP contribution in [-0.4, -0.2) is 11.9 Å². The minimum Gasteiger partial charge on any atom is -0.445 e. The molecular formula is C6H5IN2O3. The summed E-state index contributed by atoms with van der Waals surface area (Å²) in [4.78, 5) is 21.2. The van der Waals surface area contributed by atoms with Crippen LogP contribution in [0.4, 0.5) is 4.79 Å². The van der Waals surface area contributed by atoms with Gasteiger partial charge in [-0.05, 0) is 34.7 Å². The summed E-state index contributed by atoms with van der Waals surface area (Å²) in [6, 6.07) is 2.17.